The molecule has 0 aliphatic heterocycles. The first-order valence-corrected chi connectivity index (χ1v) is 11.8. The van der Waals surface area contributed by atoms with E-state index in [1.165, 1.54) is 22.8 Å². The number of nitrogens with one attached hydrogen (secondary N) is 2. The van der Waals surface area contributed by atoms with E-state index in [1.807, 2.05) is 18.2 Å². The molecule has 3 aromatic rings. The third kappa shape index (κ3) is 6.25. The zero-order chi connectivity index (χ0) is 23.9. The molecule has 0 unspecified atom stereocenters. The van der Waals surface area contributed by atoms with Gasteiger partial charge in [0.05, 0.1) is 20.0 Å². The van der Waals surface area contributed by atoms with Gasteiger partial charge in [-0.25, -0.2) is 14.6 Å². The number of methoxy groups -OCH3 is 2. The zero-order valence-electron chi connectivity index (χ0n) is 19.0. The second kappa shape index (κ2) is 11.0. The number of thioether (sulfide) groups is 1. The van der Waals surface area contributed by atoms with Crippen molar-refractivity contribution in [2.24, 2.45) is 0 Å². The summed E-state index contributed by atoms with van der Waals surface area (Å²) in [5, 5.41) is 10.8. The second-order valence-electron chi connectivity index (χ2n) is 7.69. The normalized spacial score (nSPS) is 12.8. The number of rotatable bonds is 11. The summed E-state index contributed by atoms with van der Waals surface area (Å²) in [5.74, 6) is 1.80. The van der Waals surface area contributed by atoms with E-state index in [0.717, 1.165) is 18.4 Å². The third-order valence-corrected chi connectivity index (χ3v) is 6.06. The van der Waals surface area contributed by atoms with Crippen LogP contribution in [0.5, 0.6) is 11.5 Å². The lowest BCUT2D eigenvalue weighted by Gasteiger charge is -2.10. The average molecular weight is 483 g/mol. The molecule has 1 saturated carbocycles. The van der Waals surface area contributed by atoms with E-state index in [0.29, 0.717) is 41.0 Å². The Morgan fingerprint density at radius 3 is 2.71 bits per heavy atom. The van der Waals surface area contributed by atoms with Gasteiger partial charge in [0.2, 0.25) is 5.91 Å². The molecule has 0 radical (unpaired) electrons. The van der Waals surface area contributed by atoms with Crippen molar-refractivity contribution in [2.75, 3.05) is 26.5 Å². The molecule has 2 N–H and O–H groups in total. The number of carbonyl (C=O) groups is 2. The van der Waals surface area contributed by atoms with Gasteiger partial charge in [-0.15, -0.1) is 0 Å². The monoisotopic (exact) mass is 482 g/mol. The minimum atomic E-state index is -0.186. The minimum absolute atomic E-state index is 0.0937. The van der Waals surface area contributed by atoms with Crippen LogP contribution < -0.4 is 20.1 Å². The van der Waals surface area contributed by atoms with Gasteiger partial charge in [-0.05, 0) is 43.0 Å². The Morgan fingerprint density at radius 1 is 1.12 bits per heavy atom. The molecule has 0 atom stereocenters. The topological polar surface area (TPSA) is 120 Å². The number of amides is 2. The molecule has 0 spiro atoms. The molecule has 2 amide bonds. The molecule has 1 fully saturated rings. The Labute approximate surface area is 201 Å². The Bertz CT molecular complexity index is 1160. The minimum Gasteiger partial charge on any atom is -0.493 e. The van der Waals surface area contributed by atoms with Crippen LogP contribution in [-0.4, -0.2) is 64.1 Å². The summed E-state index contributed by atoms with van der Waals surface area (Å²) in [6, 6.07) is 9.35. The number of nitrogens with zero attached hydrogens (tertiary/aromatic N) is 4. The van der Waals surface area contributed by atoms with Crippen molar-refractivity contribution in [3.8, 4) is 17.3 Å². The van der Waals surface area contributed by atoms with Gasteiger partial charge in [0, 0.05) is 24.8 Å². The van der Waals surface area contributed by atoms with Gasteiger partial charge >= 0.3 is 0 Å². The van der Waals surface area contributed by atoms with Crippen LogP contribution in [0.25, 0.3) is 5.82 Å². The summed E-state index contributed by atoms with van der Waals surface area (Å²) in [6.07, 6.45) is 5.80. The maximum atomic E-state index is 12.3. The lowest BCUT2D eigenvalue weighted by Crippen LogP contribution is -2.27. The highest BCUT2D eigenvalue weighted by molar-refractivity contribution is 7.99. The van der Waals surface area contributed by atoms with E-state index < -0.39 is 0 Å². The molecule has 4 rings (SSSR count). The van der Waals surface area contributed by atoms with E-state index >= 15 is 0 Å². The van der Waals surface area contributed by atoms with Gasteiger partial charge < -0.3 is 20.1 Å². The second-order valence-corrected chi connectivity index (χ2v) is 8.68. The molecule has 0 bridgehead atoms. The van der Waals surface area contributed by atoms with Gasteiger partial charge in [-0.2, -0.15) is 5.10 Å². The van der Waals surface area contributed by atoms with E-state index in [-0.39, 0.29) is 23.6 Å². The maximum Gasteiger partial charge on any atom is 0.272 e. The standard InChI is InChI=1S/C23H26N6O4S/c1-32-18-6-3-15(11-19(18)33-2)7-9-24-21(30)13-34-22-12-20(25-14-26-22)29-10-8-17(28-29)23(31)27-16-4-5-16/h3,6,8,10-12,14,16H,4-5,7,9,13H2,1-2H3,(H,24,30)(H,27,31). The van der Waals surface area contributed by atoms with Gasteiger partial charge in [0.15, 0.2) is 23.0 Å². The lowest BCUT2D eigenvalue weighted by atomic mass is 10.1. The number of carbonyl (C=O) groups excluding carboxylic acids is 2. The van der Waals surface area contributed by atoms with Gasteiger partial charge in [0.25, 0.3) is 5.91 Å². The van der Waals surface area contributed by atoms with Crippen molar-refractivity contribution in [3.05, 3.63) is 54.1 Å². The quantitative estimate of drug-likeness (QED) is 0.315. The highest BCUT2D eigenvalue weighted by Gasteiger charge is 2.24. The number of hydrogen-bond donors (Lipinski definition) is 2. The van der Waals surface area contributed by atoms with E-state index in [9.17, 15) is 9.59 Å². The molecule has 10 nitrogen and oxygen atoms in total. The van der Waals surface area contributed by atoms with Crippen molar-refractivity contribution >= 4 is 23.6 Å². The Morgan fingerprint density at radius 2 is 1.94 bits per heavy atom. The summed E-state index contributed by atoms with van der Waals surface area (Å²) in [6.45, 7) is 0.503. The fourth-order valence-corrected chi connectivity index (χ4v) is 3.86. The number of hydrogen-bond acceptors (Lipinski definition) is 8. The van der Waals surface area contributed by atoms with E-state index in [2.05, 4.69) is 25.7 Å². The van der Waals surface area contributed by atoms with Crippen LogP contribution >= 0.6 is 11.8 Å². The Balaban J connectivity index is 1.25. The van der Waals surface area contributed by atoms with Crippen LogP contribution in [0.4, 0.5) is 0 Å². The van der Waals surface area contributed by atoms with Crippen molar-refractivity contribution in [1.29, 1.82) is 0 Å². The largest absolute Gasteiger partial charge is 0.493 e. The molecule has 0 saturated heterocycles. The summed E-state index contributed by atoms with van der Waals surface area (Å²) >= 11 is 1.30. The van der Waals surface area contributed by atoms with Crippen LogP contribution in [-0.2, 0) is 11.2 Å². The molecule has 1 aromatic carbocycles. The van der Waals surface area contributed by atoms with Crippen molar-refractivity contribution in [1.82, 2.24) is 30.4 Å². The number of ether oxygens (including phenoxy) is 2. The van der Waals surface area contributed by atoms with Crippen LogP contribution in [0.2, 0.25) is 0 Å². The molecular formula is C23H26N6O4S. The SMILES string of the molecule is COc1ccc(CCNC(=O)CSc2cc(-n3ccc(C(=O)NC4CC4)n3)ncn2)cc1OC. The summed E-state index contributed by atoms with van der Waals surface area (Å²) in [5.41, 5.74) is 1.38. The van der Waals surface area contributed by atoms with Gasteiger partial charge in [-0.1, -0.05) is 17.8 Å². The number of benzene rings is 1. The highest BCUT2D eigenvalue weighted by atomic mass is 32.2. The molecule has 11 heteroatoms. The summed E-state index contributed by atoms with van der Waals surface area (Å²) < 4.78 is 12.1. The first kappa shape index (κ1) is 23.6. The fraction of sp³-hybridized carbons (Fsp3) is 0.348. The smallest absolute Gasteiger partial charge is 0.272 e. The zero-order valence-corrected chi connectivity index (χ0v) is 19.8. The molecule has 2 heterocycles. The average Bonchev–Trinajstić information content (AvgIpc) is 3.53. The molecule has 1 aliphatic carbocycles. The first-order valence-electron chi connectivity index (χ1n) is 10.8. The maximum absolute atomic E-state index is 12.3. The molecule has 34 heavy (non-hydrogen) atoms. The van der Waals surface area contributed by atoms with E-state index in [1.54, 1.807) is 32.5 Å². The van der Waals surface area contributed by atoms with Crippen LogP contribution in [0.1, 0.15) is 28.9 Å². The predicted molar refractivity (Wildman–Crippen MR) is 127 cm³/mol. The van der Waals surface area contributed by atoms with Crippen LogP contribution in [0, 0.1) is 0 Å². The van der Waals surface area contributed by atoms with Crippen LogP contribution in [0.15, 0.2) is 47.9 Å². The molecular weight excluding hydrogens is 456 g/mol. The lowest BCUT2D eigenvalue weighted by molar-refractivity contribution is -0.118. The van der Waals surface area contributed by atoms with Gasteiger partial charge in [0.1, 0.15) is 11.4 Å². The predicted octanol–water partition coefficient (Wildman–Crippen LogP) is 2.02. The highest BCUT2D eigenvalue weighted by Crippen LogP contribution is 2.27. The molecule has 2 aromatic heterocycles. The summed E-state index contributed by atoms with van der Waals surface area (Å²) in [7, 11) is 3.19. The first-order chi connectivity index (χ1) is 16.6. The number of aromatic nitrogens is 4. The Kier molecular flexibility index (Phi) is 7.63. The molecule has 1 aliphatic rings. The van der Waals surface area contributed by atoms with E-state index in [4.69, 9.17) is 9.47 Å². The van der Waals surface area contributed by atoms with Crippen molar-refractivity contribution < 1.29 is 19.1 Å². The third-order valence-electron chi connectivity index (χ3n) is 5.13. The fourth-order valence-electron chi connectivity index (χ4n) is 3.17. The van der Waals surface area contributed by atoms with Gasteiger partial charge in [-0.3, -0.25) is 9.59 Å². The van der Waals surface area contributed by atoms with Crippen LogP contribution in [0.3, 0.4) is 0 Å². The Hall–Kier alpha value is -3.60. The van der Waals surface area contributed by atoms with Crippen molar-refractivity contribution in [3.63, 3.8) is 0 Å². The molecule has 178 valence electrons. The summed E-state index contributed by atoms with van der Waals surface area (Å²) in [4.78, 5) is 32.8. The van der Waals surface area contributed by atoms with Crippen molar-refractivity contribution in [2.45, 2.75) is 30.3 Å².